The van der Waals surface area contributed by atoms with E-state index in [1.54, 1.807) is 0 Å². The van der Waals surface area contributed by atoms with Gasteiger partial charge in [-0.2, -0.15) is 0 Å². The van der Waals surface area contributed by atoms with Crippen molar-refractivity contribution >= 4 is 85.2 Å². The number of fused-ring (bicyclic) bond motifs is 11. The van der Waals surface area contributed by atoms with Crippen LogP contribution in [0.2, 0.25) is 0 Å². The molecule has 0 fully saturated rings. The van der Waals surface area contributed by atoms with Crippen LogP contribution < -0.4 is 25.5 Å². The van der Waals surface area contributed by atoms with E-state index >= 15 is 0 Å². The van der Waals surface area contributed by atoms with Crippen molar-refractivity contribution in [1.82, 2.24) is 0 Å². The number of hydrogen-bond acceptors (Lipinski definition) is 4. The second kappa shape index (κ2) is 20.0. The predicted octanol–water partition coefficient (Wildman–Crippen LogP) is 21.4. The molecule has 5 heteroatoms. The zero-order valence-corrected chi connectivity index (χ0v) is 52.2. The zero-order valence-electron chi connectivity index (χ0n) is 52.2. The summed E-state index contributed by atoms with van der Waals surface area (Å²) in [6, 6.07) is 103. The number of benzene rings is 12. The van der Waals surface area contributed by atoms with E-state index in [4.69, 9.17) is 4.42 Å². The number of hydrogen-bond donors (Lipinski definition) is 0. The summed E-state index contributed by atoms with van der Waals surface area (Å²) in [6.07, 6.45) is 2.21. The fourth-order valence-corrected chi connectivity index (χ4v) is 16.0. The molecular weight excluding hydrogens is 1090 g/mol. The van der Waals surface area contributed by atoms with Crippen molar-refractivity contribution in [2.75, 3.05) is 14.6 Å². The minimum atomic E-state index is -0.727. The lowest BCUT2D eigenvalue weighted by Gasteiger charge is -2.53. The van der Waals surface area contributed by atoms with Crippen molar-refractivity contribution in [3.63, 3.8) is 0 Å². The van der Waals surface area contributed by atoms with Crippen LogP contribution in [0.25, 0.3) is 55.3 Å². The van der Waals surface area contributed by atoms with Crippen LogP contribution >= 0.6 is 0 Å². The van der Waals surface area contributed by atoms with Gasteiger partial charge in [-0.05, 0) is 174 Å². The Morgan fingerprint density at radius 1 is 0.422 bits per heavy atom. The smallest absolute Gasteiger partial charge is 0.333 e. The Hall–Kier alpha value is -10.1. The Morgan fingerprint density at radius 2 is 0.956 bits per heavy atom. The lowest BCUT2D eigenvalue weighted by molar-refractivity contribution is 0.331. The highest BCUT2D eigenvalue weighted by molar-refractivity contribution is 6.94. The molecule has 0 saturated carbocycles. The van der Waals surface area contributed by atoms with Crippen LogP contribution in [-0.4, -0.2) is 6.85 Å². The summed E-state index contributed by atoms with van der Waals surface area (Å²) in [4.78, 5) is 7.83. The van der Waals surface area contributed by atoms with E-state index in [0.717, 1.165) is 68.9 Å². The second-order valence-electron chi connectivity index (χ2n) is 27.8. The Morgan fingerprint density at radius 3 is 1.57 bits per heavy atom. The first-order valence-electron chi connectivity index (χ1n) is 32.1. The summed E-state index contributed by atoms with van der Waals surface area (Å²) in [5.74, 6) is 0. The van der Waals surface area contributed by atoms with E-state index in [2.05, 4.69) is 336 Å². The van der Waals surface area contributed by atoms with Gasteiger partial charge in [0.25, 0.3) is 0 Å². The van der Waals surface area contributed by atoms with E-state index in [9.17, 15) is 0 Å². The van der Waals surface area contributed by atoms with Crippen LogP contribution in [0, 0.1) is 0 Å². The highest BCUT2D eigenvalue weighted by atomic mass is 16.3. The average Bonchev–Trinajstić information content (AvgIpc) is 0.865. The standard InChI is InChI=1S/C85H70BN3O/c1-82(2,3)59-39-45-63(46-40-59)87(62-41-35-57(36-42-62)55-23-12-8-13-24-55)65-47-48-66-68-52-69-67-31-20-21-34-77(67)90-81(69)80-78(68)86(89(75(66)51-65)64-43-37-58(38-44-64)56-25-14-9-15-26-56)74-33-22-32-70-79(74)88(80)76-54-72-71(83(4,5)49-50-84(72,6)7)53-73(76)85(70,60-27-16-10-17-28-60)61-29-18-11-19-30-61/h8-48,51-54H,49-50H2,1-7H3. The minimum absolute atomic E-state index is 0.00983. The molecule has 0 radical (unpaired) electrons. The quantitative estimate of drug-likeness (QED) is 0.141. The lowest BCUT2D eigenvalue weighted by Crippen LogP contribution is -2.62. The monoisotopic (exact) mass is 1160 g/mol. The van der Waals surface area contributed by atoms with Gasteiger partial charge in [0.05, 0.1) is 16.8 Å². The molecule has 4 nitrogen and oxygen atoms in total. The number of nitrogens with zero attached hydrogens (tertiary/aromatic N) is 3. The van der Waals surface area contributed by atoms with E-state index in [0.29, 0.717) is 0 Å². The molecule has 90 heavy (non-hydrogen) atoms. The molecule has 3 aliphatic heterocycles. The summed E-state index contributed by atoms with van der Waals surface area (Å²) in [7, 11) is 0. The van der Waals surface area contributed by atoms with Gasteiger partial charge in [-0.15, -0.1) is 0 Å². The fourth-order valence-electron chi connectivity index (χ4n) is 16.0. The highest BCUT2D eigenvalue weighted by Gasteiger charge is 2.55. The number of para-hydroxylation sites is 2. The molecule has 1 aliphatic carbocycles. The Balaban J connectivity index is 0.998. The molecule has 4 heterocycles. The van der Waals surface area contributed by atoms with E-state index in [-0.39, 0.29) is 23.1 Å². The lowest BCUT2D eigenvalue weighted by atomic mass is 9.42. The van der Waals surface area contributed by atoms with Gasteiger partial charge in [0, 0.05) is 50.5 Å². The molecule has 0 saturated heterocycles. The van der Waals surface area contributed by atoms with Crippen molar-refractivity contribution < 1.29 is 4.42 Å². The molecule has 1 aromatic heterocycles. The van der Waals surface area contributed by atoms with Crippen LogP contribution in [0.5, 0.6) is 0 Å². The predicted molar refractivity (Wildman–Crippen MR) is 379 cm³/mol. The highest BCUT2D eigenvalue weighted by Crippen LogP contribution is 2.63. The first-order chi connectivity index (χ1) is 43.8. The molecule has 4 aliphatic rings. The van der Waals surface area contributed by atoms with Crippen LogP contribution in [0.1, 0.15) is 100 Å². The third kappa shape index (κ3) is 8.07. The van der Waals surface area contributed by atoms with Crippen molar-refractivity contribution in [1.29, 1.82) is 0 Å². The van der Waals surface area contributed by atoms with Crippen LogP contribution in [0.4, 0.5) is 45.5 Å². The van der Waals surface area contributed by atoms with E-state index < -0.39 is 5.41 Å². The fraction of sp³-hybridized carbons (Fsp3) is 0.153. The summed E-state index contributed by atoms with van der Waals surface area (Å²) < 4.78 is 7.50. The van der Waals surface area contributed by atoms with Crippen molar-refractivity contribution in [2.24, 2.45) is 0 Å². The Kier molecular flexibility index (Phi) is 12.0. The molecule has 0 N–H and O–H groups in total. The zero-order chi connectivity index (χ0) is 60.8. The molecule has 0 amide bonds. The van der Waals surface area contributed by atoms with Gasteiger partial charge in [-0.25, -0.2) is 0 Å². The van der Waals surface area contributed by atoms with Gasteiger partial charge in [0.1, 0.15) is 5.58 Å². The van der Waals surface area contributed by atoms with Crippen LogP contribution in [-0.2, 0) is 21.7 Å². The van der Waals surface area contributed by atoms with Crippen LogP contribution in [0.15, 0.2) is 277 Å². The van der Waals surface area contributed by atoms with Gasteiger partial charge in [-0.3, -0.25) is 0 Å². The summed E-state index contributed by atoms with van der Waals surface area (Å²) in [5, 5.41) is 2.22. The third-order valence-electron chi connectivity index (χ3n) is 20.7. The SMILES string of the molecule is CC(C)(C)c1ccc(N(c2ccc(-c3ccccc3)cc2)c2ccc3c(c2)N(c2ccc(-c4ccccc4)cc2)B2c4cccc5c4N(c4cc6c(cc4C5(c4ccccc4)c4ccccc4)C(C)(C)CCC6(C)C)c4c2c-3cc2c4oc3ccccc32)cc1. The van der Waals surface area contributed by atoms with Crippen molar-refractivity contribution in [3.8, 4) is 33.4 Å². The summed E-state index contributed by atoms with van der Waals surface area (Å²) in [6.45, 7) is 16.5. The number of rotatable bonds is 8. The molecular formula is C85H70BN3O. The van der Waals surface area contributed by atoms with E-state index in [1.165, 1.54) is 94.6 Å². The van der Waals surface area contributed by atoms with Gasteiger partial charge in [0.2, 0.25) is 0 Å². The first kappa shape index (κ1) is 54.1. The Labute approximate surface area is 529 Å². The summed E-state index contributed by atoms with van der Waals surface area (Å²) >= 11 is 0. The average molecular weight is 1160 g/mol. The molecule has 12 aromatic carbocycles. The minimum Gasteiger partial charge on any atom is -0.454 e. The normalized spacial score (nSPS) is 15.4. The maximum Gasteiger partial charge on any atom is 0.333 e. The van der Waals surface area contributed by atoms with E-state index in [1.807, 2.05) is 0 Å². The van der Waals surface area contributed by atoms with Crippen molar-refractivity contribution in [2.45, 2.75) is 83.0 Å². The molecule has 0 unspecified atom stereocenters. The maximum absolute atomic E-state index is 7.50. The van der Waals surface area contributed by atoms with Gasteiger partial charge in [-0.1, -0.05) is 255 Å². The third-order valence-corrected chi connectivity index (χ3v) is 20.7. The van der Waals surface area contributed by atoms with Crippen LogP contribution in [0.3, 0.4) is 0 Å². The molecule has 13 aromatic rings. The number of furan rings is 1. The summed E-state index contributed by atoms with van der Waals surface area (Å²) in [5.41, 5.74) is 28.7. The molecule has 0 bridgehead atoms. The van der Waals surface area contributed by atoms with Crippen molar-refractivity contribution in [3.05, 3.63) is 312 Å². The van der Waals surface area contributed by atoms with Gasteiger partial charge in [0.15, 0.2) is 5.58 Å². The Bertz CT molecular complexity index is 4930. The first-order valence-corrected chi connectivity index (χ1v) is 32.1. The molecule has 434 valence electrons. The maximum atomic E-state index is 7.50. The molecule has 0 spiro atoms. The second-order valence-corrected chi connectivity index (χ2v) is 27.8. The van der Waals surface area contributed by atoms with Gasteiger partial charge >= 0.3 is 6.85 Å². The number of anilines is 8. The topological polar surface area (TPSA) is 22.9 Å². The molecule has 17 rings (SSSR count). The van der Waals surface area contributed by atoms with Gasteiger partial charge < -0.3 is 19.0 Å². The largest absolute Gasteiger partial charge is 0.454 e. The molecule has 0 atom stereocenters.